The van der Waals surface area contributed by atoms with Crippen molar-refractivity contribution < 1.29 is 9.90 Å². The monoisotopic (exact) mass is 302 g/mol. The van der Waals surface area contributed by atoms with Crippen LogP contribution in [0.2, 0.25) is 5.02 Å². The lowest BCUT2D eigenvalue weighted by atomic mass is 10.3. The van der Waals surface area contributed by atoms with Crippen molar-refractivity contribution in [2.24, 2.45) is 0 Å². The molecule has 1 aliphatic carbocycles. The van der Waals surface area contributed by atoms with Crippen LogP contribution in [0.4, 0.5) is 0 Å². The second kappa shape index (κ2) is 4.33. The number of aromatic amines is 1. The van der Waals surface area contributed by atoms with Gasteiger partial charge in [0.2, 0.25) is 0 Å². The van der Waals surface area contributed by atoms with E-state index in [1.807, 2.05) is 22.8 Å². The summed E-state index contributed by atoms with van der Waals surface area (Å²) in [5.74, 6) is -0.498. The van der Waals surface area contributed by atoms with E-state index in [0.717, 1.165) is 23.9 Å². The number of nitrogens with one attached hydrogen (secondary N) is 1. The van der Waals surface area contributed by atoms with E-state index in [2.05, 4.69) is 15.0 Å². The van der Waals surface area contributed by atoms with E-state index in [4.69, 9.17) is 11.6 Å². The number of H-pyrrole nitrogens is 1. The Kier molecular flexibility index (Phi) is 2.56. The number of hydrogen-bond acceptors (Lipinski definition) is 3. The zero-order valence-electron chi connectivity index (χ0n) is 10.9. The lowest BCUT2D eigenvalue weighted by Gasteiger charge is -2.07. The van der Waals surface area contributed by atoms with Gasteiger partial charge in [-0.05, 0) is 25.0 Å². The van der Waals surface area contributed by atoms with Crippen molar-refractivity contribution in [3.05, 3.63) is 35.2 Å². The third-order valence-electron chi connectivity index (χ3n) is 3.64. The van der Waals surface area contributed by atoms with Crippen LogP contribution in [0.1, 0.15) is 29.4 Å². The number of carboxylic acid groups (broad SMARTS) is 1. The third kappa shape index (κ3) is 1.83. The lowest BCUT2D eigenvalue weighted by Crippen LogP contribution is -2.04. The fraction of sp³-hybridized carbons (Fsp3) is 0.214. The van der Waals surface area contributed by atoms with Gasteiger partial charge in [-0.2, -0.15) is 0 Å². The van der Waals surface area contributed by atoms with Gasteiger partial charge in [-0.3, -0.25) is 0 Å². The number of hydrogen-bond donors (Lipinski definition) is 2. The van der Waals surface area contributed by atoms with Gasteiger partial charge >= 0.3 is 5.97 Å². The van der Waals surface area contributed by atoms with Gasteiger partial charge in [0.25, 0.3) is 0 Å². The first-order chi connectivity index (χ1) is 10.2. The summed E-state index contributed by atoms with van der Waals surface area (Å²) in [6.07, 6.45) is 3.45. The molecule has 0 unspecified atom stereocenters. The van der Waals surface area contributed by atoms with E-state index in [1.54, 1.807) is 0 Å². The molecule has 2 N–H and O–H groups in total. The first-order valence-corrected chi connectivity index (χ1v) is 6.98. The average Bonchev–Trinajstić information content (AvgIpc) is 3.03. The fourth-order valence-corrected chi connectivity index (χ4v) is 2.85. The number of carbonyl (C=O) groups is 1. The summed E-state index contributed by atoms with van der Waals surface area (Å²) in [6, 6.07) is 5.83. The summed E-state index contributed by atoms with van der Waals surface area (Å²) >= 11 is 6.31. The lowest BCUT2D eigenvalue weighted by molar-refractivity contribution is 0.0692. The number of aromatic carboxylic acids is 1. The van der Waals surface area contributed by atoms with Crippen molar-refractivity contribution in [3.63, 3.8) is 0 Å². The predicted octanol–water partition coefficient (Wildman–Crippen LogP) is 3.11. The smallest absolute Gasteiger partial charge is 0.354 e. The molecule has 0 amide bonds. The fourth-order valence-electron chi connectivity index (χ4n) is 2.59. The van der Waals surface area contributed by atoms with Gasteiger partial charge in [0.05, 0.1) is 22.4 Å². The maximum absolute atomic E-state index is 11.3. The van der Waals surface area contributed by atoms with E-state index in [-0.39, 0.29) is 5.69 Å². The highest BCUT2D eigenvalue weighted by Crippen LogP contribution is 2.42. The average molecular weight is 303 g/mol. The van der Waals surface area contributed by atoms with Crippen LogP contribution in [0, 0.1) is 0 Å². The zero-order valence-corrected chi connectivity index (χ0v) is 11.6. The van der Waals surface area contributed by atoms with Crippen LogP contribution in [-0.4, -0.2) is 30.6 Å². The van der Waals surface area contributed by atoms with Gasteiger partial charge in [-0.1, -0.05) is 17.7 Å². The molecule has 1 aromatic carbocycles. The summed E-state index contributed by atoms with van der Waals surface area (Å²) in [5, 5.41) is 9.87. The van der Waals surface area contributed by atoms with Crippen molar-refractivity contribution >= 4 is 28.6 Å². The molecule has 0 aliphatic heterocycles. The molecular formula is C14H11ClN4O2. The summed E-state index contributed by atoms with van der Waals surface area (Å²) in [5.41, 5.74) is 1.99. The van der Waals surface area contributed by atoms with E-state index in [1.165, 1.54) is 6.33 Å². The maximum Gasteiger partial charge on any atom is 0.354 e. The highest BCUT2D eigenvalue weighted by Gasteiger charge is 2.31. The molecule has 0 bridgehead atoms. The minimum Gasteiger partial charge on any atom is -0.477 e. The Morgan fingerprint density at radius 2 is 2.24 bits per heavy atom. The van der Waals surface area contributed by atoms with Crippen molar-refractivity contribution in [1.29, 1.82) is 0 Å². The molecule has 0 saturated heterocycles. The first kappa shape index (κ1) is 12.4. The standard InChI is InChI=1S/C14H11ClN4O2/c15-8-2-1-3-9-12(8)19(7-4-5-7)13(18-9)10-11(14(20)21)17-6-16-10/h1-3,6-7H,4-5H2,(H,16,17)(H,20,21). The number of para-hydroxylation sites is 1. The topological polar surface area (TPSA) is 83.8 Å². The number of halogens is 1. The van der Waals surface area contributed by atoms with E-state index < -0.39 is 5.97 Å². The van der Waals surface area contributed by atoms with Gasteiger partial charge in [-0.25, -0.2) is 14.8 Å². The molecule has 0 atom stereocenters. The van der Waals surface area contributed by atoms with Crippen molar-refractivity contribution in [2.45, 2.75) is 18.9 Å². The van der Waals surface area contributed by atoms with Gasteiger partial charge in [-0.15, -0.1) is 0 Å². The number of rotatable bonds is 3. The van der Waals surface area contributed by atoms with Crippen molar-refractivity contribution in [3.8, 4) is 11.5 Å². The molecule has 4 rings (SSSR count). The van der Waals surface area contributed by atoms with Gasteiger partial charge < -0.3 is 14.7 Å². The molecule has 7 heteroatoms. The quantitative estimate of drug-likeness (QED) is 0.778. The van der Waals surface area contributed by atoms with E-state index in [0.29, 0.717) is 22.6 Å². The molecule has 2 heterocycles. The van der Waals surface area contributed by atoms with Crippen LogP contribution < -0.4 is 0 Å². The molecule has 21 heavy (non-hydrogen) atoms. The predicted molar refractivity (Wildman–Crippen MR) is 77.6 cm³/mol. The first-order valence-electron chi connectivity index (χ1n) is 6.60. The molecule has 3 aromatic rings. The Morgan fingerprint density at radius 3 is 2.95 bits per heavy atom. The Morgan fingerprint density at radius 1 is 1.43 bits per heavy atom. The number of fused-ring (bicyclic) bond motifs is 1. The van der Waals surface area contributed by atoms with E-state index in [9.17, 15) is 9.90 Å². The van der Waals surface area contributed by atoms with Crippen molar-refractivity contribution in [2.75, 3.05) is 0 Å². The number of imidazole rings is 2. The molecule has 2 aromatic heterocycles. The zero-order chi connectivity index (χ0) is 14.6. The molecule has 6 nitrogen and oxygen atoms in total. The summed E-state index contributed by atoms with van der Waals surface area (Å²) in [4.78, 5) is 22.6. The SMILES string of the molecule is O=C(O)c1[nH]cnc1-c1nc2cccc(Cl)c2n1C1CC1. The molecule has 1 aliphatic rings. The number of nitrogens with zero attached hydrogens (tertiary/aromatic N) is 3. The molecule has 1 fully saturated rings. The van der Waals surface area contributed by atoms with Gasteiger partial charge in [0.1, 0.15) is 5.69 Å². The minimum absolute atomic E-state index is 0.0447. The normalized spacial score (nSPS) is 14.7. The highest BCUT2D eigenvalue weighted by molar-refractivity contribution is 6.35. The van der Waals surface area contributed by atoms with E-state index >= 15 is 0 Å². The molecule has 106 valence electrons. The third-order valence-corrected chi connectivity index (χ3v) is 3.94. The number of benzene rings is 1. The Labute approximate surface area is 124 Å². The van der Waals surface area contributed by atoms with Crippen LogP contribution in [0.25, 0.3) is 22.6 Å². The molecule has 1 saturated carbocycles. The van der Waals surface area contributed by atoms with Crippen LogP contribution >= 0.6 is 11.6 Å². The minimum atomic E-state index is -1.05. The summed E-state index contributed by atoms with van der Waals surface area (Å²) < 4.78 is 2.01. The molecule has 0 spiro atoms. The largest absolute Gasteiger partial charge is 0.477 e. The van der Waals surface area contributed by atoms with Crippen LogP contribution in [0.15, 0.2) is 24.5 Å². The summed E-state index contributed by atoms with van der Waals surface area (Å²) in [7, 11) is 0. The Balaban J connectivity index is 2.05. The molecule has 0 radical (unpaired) electrons. The second-order valence-electron chi connectivity index (χ2n) is 5.08. The number of carboxylic acids is 1. The summed E-state index contributed by atoms with van der Waals surface area (Å²) in [6.45, 7) is 0. The number of aromatic nitrogens is 4. The maximum atomic E-state index is 11.3. The molecular weight excluding hydrogens is 292 g/mol. The highest BCUT2D eigenvalue weighted by atomic mass is 35.5. The Bertz CT molecular complexity index is 863. The van der Waals surface area contributed by atoms with Crippen LogP contribution in [0.3, 0.4) is 0 Å². The van der Waals surface area contributed by atoms with Gasteiger partial charge in [0.15, 0.2) is 11.5 Å². The van der Waals surface area contributed by atoms with Crippen LogP contribution in [-0.2, 0) is 0 Å². The van der Waals surface area contributed by atoms with Crippen LogP contribution in [0.5, 0.6) is 0 Å². The Hall–Kier alpha value is -2.34. The van der Waals surface area contributed by atoms with Gasteiger partial charge in [0, 0.05) is 6.04 Å². The second-order valence-corrected chi connectivity index (χ2v) is 5.48. The van der Waals surface area contributed by atoms with Crippen molar-refractivity contribution in [1.82, 2.24) is 19.5 Å².